The first-order chi connectivity index (χ1) is 16.1. The number of hydrogen-bond acceptors (Lipinski definition) is 4. The summed E-state index contributed by atoms with van der Waals surface area (Å²) in [4.78, 5) is 40.4. The maximum atomic E-state index is 13.6. The van der Waals surface area contributed by atoms with Crippen molar-refractivity contribution in [2.24, 2.45) is 11.3 Å². The van der Waals surface area contributed by atoms with Crippen LogP contribution in [0.4, 0.5) is 0 Å². The highest BCUT2D eigenvalue weighted by Crippen LogP contribution is 2.46. The Morgan fingerprint density at radius 2 is 1.76 bits per heavy atom. The molecule has 2 aromatic rings. The minimum atomic E-state index is -1.11. The molecule has 1 heterocycles. The van der Waals surface area contributed by atoms with Crippen molar-refractivity contribution in [3.05, 3.63) is 70.7 Å². The highest BCUT2D eigenvalue weighted by Gasteiger charge is 2.51. The third-order valence-electron chi connectivity index (χ3n) is 7.42. The van der Waals surface area contributed by atoms with Crippen molar-refractivity contribution in [1.82, 2.24) is 10.2 Å². The Labute approximate surface area is 205 Å². The normalized spacial score (nSPS) is 26.7. The van der Waals surface area contributed by atoms with E-state index in [1.54, 1.807) is 41.3 Å². The van der Waals surface area contributed by atoms with Crippen LogP contribution in [-0.4, -0.2) is 46.7 Å². The second-order valence-corrected chi connectivity index (χ2v) is 10.5. The van der Waals surface area contributed by atoms with Crippen molar-refractivity contribution in [3.63, 3.8) is 0 Å². The Hall–Kier alpha value is -2.70. The van der Waals surface area contributed by atoms with Crippen LogP contribution < -0.4 is 5.32 Å². The van der Waals surface area contributed by atoms with Gasteiger partial charge in [-0.2, -0.15) is 0 Å². The molecule has 1 saturated heterocycles. The zero-order chi connectivity index (χ0) is 24.5. The van der Waals surface area contributed by atoms with Crippen molar-refractivity contribution >= 4 is 29.2 Å². The number of piperidine rings is 1. The summed E-state index contributed by atoms with van der Waals surface area (Å²) >= 11 is 6.03. The van der Waals surface area contributed by atoms with Crippen LogP contribution in [0.15, 0.2) is 54.6 Å². The first kappa shape index (κ1) is 24.4. The maximum Gasteiger partial charge on any atom is 0.251 e. The van der Waals surface area contributed by atoms with Crippen LogP contribution in [0.5, 0.6) is 0 Å². The molecule has 34 heavy (non-hydrogen) atoms. The van der Waals surface area contributed by atoms with Crippen molar-refractivity contribution in [3.8, 4) is 0 Å². The number of halogens is 1. The van der Waals surface area contributed by atoms with E-state index in [4.69, 9.17) is 11.6 Å². The van der Waals surface area contributed by atoms with Crippen LogP contribution in [0, 0.1) is 11.3 Å². The highest BCUT2D eigenvalue weighted by molar-refractivity contribution is 6.30. The third kappa shape index (κ3) is 4.75. The van der Waals surface area contributed by atoms with Gasteiger partial charge < -0.3 is 15.3 Å². The van der Waals surface area contributed by atoms with Gasteiger partial charge in [-0.1, -0.05) is 55.8 Å². The van der Waals surface area contributed by atoms with Gasteiger partial charge in [0, 0.05) is 48.0 Å². The number of rotatable bonds is 4. The van der Waals surface area contributed by atoms with Gasteiger partial charge in [0.05, 0.1) is 11.5 Å². The predicted octanol–water partition coefficient (Wildman–Crippen LogP) is 3.95. The van der Waals surface area contributed by atoms with E-state index in [-0.39, 0.29) is 24.0 Å². The highest BCUT2D eigenvalue weighted by atomic mass is 35.5. The van der Waals surface area contributed by atoms with E-state index in [0.717, 1.165) is 5.56 Å². The zero-order valence-corrected chi connectivity index (χ0v) is 20.3. The topological polar surface area (TPSA) is 86.7 Å². The van der Waals surface area contributed by atoms with Gasteiger partial charge in [-0.05, 0) is 42.7 Å². The molecule has 2 N–H and O–H groups in total. The van der Waals surface area contributed by atoms with Crippen LogP contribution in [0.25, 0.3) is 0 Å². The van der Waals surface area contributed by atoms with Crippen LogP contribution in [0.3, 0.4) is 0 Å². The van der Waals surface area contributed by atoms with Gasteiger partial charge in [-0.15, -0.1) is 0 Å². The van der Waals surface area contributed by atoms with Gasteiger partial charge in [-0.3, -0.25) is 14.4 Å². The van der Waals surface area contributed by atoms with Crippen LogP contribution in [-0.2, 0) is 15.2 Å². The largest absolute Gasteiger partial charge is 0.384 e. The van der Waals surface area contributed by atoms with E-state index in [9.17, 15) is 19.5 Å². The molecule has 0 radical (unpaired) electrons. The van der Waals surface area contributed by atoms with Gasteiger partial charge >= 0.3 is 0 Å². The molecule has 0 bridgehead atoms. The maximum absolute atomic E-state index is 13.6. The van der Waals surface area contributed by atoms with Crippen molar-refractivity contribution in [2.75, 3.05) is 13.1 Å². The van der Waals surface area contributed by atoms with E-state index in [1.165, 1.54) is 0 Å². The standard InChI is InChI=1S/C27H31ClN2O4/c1-26(2)17-30(15-14-27(26,34)19-8-10-20(28)11-9-19)25(33)22-16-21(31)12-13-23(22)29-24(32)18-6-4-3-5-7-18/h3-11,22-23,34H,12-17H2,1-2H3,(H,29,32)/t22-,23+,27?/m0/s1. The molecule has 2 aliphatic rings. The third-order valence-corrected chi connectivity index (χ3v) is 7.67. The molecular formula is C27H31ClN2O4. The van der Waals surface area contributed by atoms with Gasteiger partial charge in [0.25, 0.3) is 5.91 Å². The summed E-state index contributed by atoms with van der Waals surface area (Å²) in [5.74, 6) is -0.949. The Balaban J connectivity index is 1.51. The average Bonchev–Trinajstić information content (AvgIpc) is 2.82. The number of carbonyl (C=O) groups is 3. The lowest BCUT2D eigenvalue weighted by molar-refractivity contribution is -0.159. The van der Waals surface area contributed by atoms with Crippen molar-refractivity contribution in [1.29, 1.82) is 0 Å². The molecular weight excluding hydrogens is 452 g/mol. The molecule has 2 amide bonds. The summed E-state index contributed by atoms with van der Waals surface area (Å²) in [5, 5.41) is 15.2. The monoisotopic (exact) mass is 482 g/mol. The summed E-state index contributed by atoms with van der Waals surface area (Å²) in [6, 6.07) is 15.7. The van der Waals surface area contributed by atoms with E-state index in [1.807, 2.05) is 32.0 Å². The quantitative estimate of drug-likeness (QED) is 0.690. The molecule has 6 nitrogen and oxygen atoms in total. The molecule has 1 aliphatic heterocycles. The Kier molecular flexibility index (Phi) is 6.83. The van der Waals surface area contributed by atoms with Gasteiger partial charge in [0.15, 0.2) is 0 Å². The number of nitrogens with one attached hydrogen (secondary N) is 1. The minimum Gasteiger partial charge on any atom is -0.384 e. The van der Waals surface area contributed by atoms with Crippen molar-refractivity contribution in [2.45, 2.75) is 51.2 Å². The smallest absolute Gasteiger partial charge is 0.251 e. The molecule has 1 saturated carbocycles. The Bertz CT molecular complexity index is 1070. The molecule has 2 fully saturated rings. The van der Waals surface area contributed by atoms with Crippen molar-refractivity contribution < 1.29 is 19.5 Å². The Morgan fingerprint density at radius 3 is 2.41 bits per heavy atom. The minimum absolute atomic E-state index is 0.0394. The molecule has 2 aromatic carbocycles. The molecule has 4 rings (SSSR count). The molecule has 7 heteroatoms. The Morgan fingerprint density at radius 1 is 1.09 bits per heavy atom. The lowest BCUT2D eigenvalue weighted by Crippen LogP contribution is -2.59. The van der Waals surface area contributed by atoms with Crippen LogP contribution in [0.1, 0.15) is 55.5 Å². The number of nitrogens with zero attached hydrogens (tertiary/aromatic N) is 1. The first-order valence-corrected chi connectivity index (χ1v) is 12.1. The average molecular weight is 483 g/mol. The fourth-order valence-electron chi connectivity index (χ4n) is 5.29. The second-order valence-electron chi connectivity index (χ2n) is 10.1. The second kappa shape index (κ2) is 9.51. The number of hydrogen-bond donors (Lipinski definition) is 2. The number of carbonyl (C=O) groups excluding carboxylic acids is 3. The summed E-state index contributed by atoms with van der Waals surface area (Å²) in [6.45, 7) is 4.60. The molecule has 0 spiro atoms. The van der Waals surface area contributed by atoms with Gasteiger partial charge in [0.2, 0.25) is 5.91 Å². The van der Waals surface area contributed by atoms with E-state index >= 15 is 0 Å². The number of benzene rings is 2. The van der Waals surface area contributed by atoms with Crippen LogP contribution >= 0.6 is 11.6 Å². The first-order valence-electron chi connectivity index (χ1n) is 11.8. The predicted molar refractivity (Wildman–Crippen MR) is 130 cm³/mol. The summed E-state index contributed by atoms with van der Waals surface area (Å²) in [5.41, 5.74) is -0.444. The SMILES string of the molecule is CC1(C)CN(C(=O)[C@H]2CC(=O)CC[C@H]2NC(=O)c2ccccc2)CCC1(O)c1ccc(Cl)cc1. The van der Waals surface area contributed by atoms with E-state index in [2.05, 4.69) is 5.32 Å². The number of amides is 2. The fourth-order valence-corrected chi connectivity index (χ4v) is 5.41. The molecule has 3 atom stereocenters. The summed E-state index contributed by atoms with van der Waals surface area (Å²) < 4.78 is 0. The zero-order valence-electron chi connectivity index (χ0n) is 19.6. The molecule has 0 aromatic heterocycles. The number of likely N-dealkylation sites (tertiary alicyclic amines) is 1. The van der Waals surface area contributed by atoms with Gasteiger partial charge in [-0.25, -0.2) is 0 Å². The number of aliphatic hydroxyl groups is 1. The molecule has 1 aliphatic carbocycles. The summed E-state index contributed by atoms with van der Waals surface area (Å²) in [6.07, 6.45) is 1.29. The van der Waals surface area contributed by atoms with E-state index in [0.29, 0.717) is 42.9 Å². The lowest BCUT2D eigenvalue weighted by Gasteiger charge is -2.51. The number of ketones is 1. The van der Waals surface area contributed by atoms with Crippen LogP contribution in [0.2, 0.25) is 5.02 Å². The molecule has 1 unspecified atom stereocenters. The lowest BCUT2D eigenvalue weighted by atomic mass is 9.66. The fraction of sp³-hybridized carbons (Fsp3) is 0.444. The van der Waals surface area contributed by atoms with Gasteiger partial charge in [0.1, 0.15) is 5.78 Å². The number of Topliss-reactive ketones (excluding diaryl/α,β-unsaturated/α-hetero) is 1. The molecule has 180 valence electrons. The summed E-state index contributed by atoms with van der Waals surface area (Å²) in [7, 11) is 0. The van der Waals surface area contributed by atoms with E-state index < -0.39 is 23.0 Å².